The molecule has 0 saturated heterocycles. The van der Waals surface area contributed by atoms with Gasteiger partial charge < -0.3 is 24.6 Å². The zero-order valence-corrected chi connectivity index (χ0v) is 19.1. The quantitative estimate of drug-likeness (QED) is 0.352. The number of aromatic amines is 2. The molecule has 5 aromatic rings. The standard InChI is InChI=1S/C26H26N6O2/c1-31(2)16-24(33)28-12-18-7-5-17(6-8-18)10-20-13-30-26(34)23-11-19(15-32(20)23)22-14-29-25-21(22)4-3-9-27-25/h3-9,11,13-15H,10,12,16H2,1-2H3,(H,27,29)(H,28,33)(H,30,34). The van der Waals surface area contributed by atoms with Crippen LogP contribution in [0.15, 0.2) is 72.0 Å². The van der Waals surface area contributed by atoms with E-state index >= 15 is 0 Å². The number of nitrogens with zero attached hydrogens (tertiary/aromatic N) is 3. The topological polar surface area (TPSA) is 98.3 Å². The molecule has 8 heteroatoms. The van der Waals surface area contributed by atoms with E-state index in [-0.39, 0.29) is 11.5 Å². The molecule has 0 aliphatic heterocycles. The largest absolute Gasteiger partial charge is 0.351 e. The molecule has 172 valence electrons. The van der Waals surface area contributed by atoms with E-state index in [4.69, 9.17) is 0 Å². The van der Waals surface area contributed by atoms with E-state index in [1.807, 2.05) is 66.1 Å². The number of H-pyrrole nitrogens is 2. The van der Waals surface area contributed by atoms with Gasteiger partial charge in [0.25, 0.3) is 5.56 Å². The molecule has 3 N–H and O–H groups in total. The first-order chi connectivity index (χ1) is 16.5. The number of nitrogens with one attached hydrogen (secondary N) is 3. The Bertz CT molecular complexity index is 1520. The third kappa shape index (κ3) is 4.35. The van der Waals surface area contributed by atoms with E-state index in [0.717, 1.165) is 39.0 Å². The predicted octanol–water partition coefficient (Wildman–Crippen LogP) is 2.94. The number of fused-ring (bicyclic) bond motifs is 2. The van der Waals surface area contributed by atoms with Crippen LogP contribution in [0.2, 0.25) is 0 Å². The molecule has 5 rings (SSSR count). The van der Waals surface area contributed by atoms with Crippen LogP contribution in [0.25, 0.3) is 27.7 Å². The van der Waals surface area contributed by atoms with Gasteiger partial charge in [0.2, 0.25) is 5.91 Å². The van der Waals surface area contributed by atoms with Crippen molar-refractivity contribution in [1.29, 1.82) is 0 Å². The number of likely N-dealkylation sites (N-methyl/N-ethyl adjacent to an activating group) is 1. The van der Waals surface area contributed by atoms with Crippen LogP contribution in [-0.4, -0.2) is 50.8 Å². The van der Waals surface area contributed by atoms with Crippen molar-refractivity contribution in [3.8, 4) is 11.1 Å². The lowest BCUT2D eigenvalue weighted by Gasteiger charge is -2.10. The summed E-state index contributed by atoms with van der Waals surface area (Å²) in [4.78, 5) is 36.7. The lowest BCUT2D eigenvalue weighted by molar-refractivity contribution is -0.121. The first kappa shape index (κ1) is 21.7. The molecular formula is C26H26N6O2. The van der Waals surface area contributed by atoms with Crippen molar-refractivity contribution in [2.45, 2.75) is 13.0 Å². The van der Waals surface area contributed by atoms with Gasteiger partial charge in [0, 0.05) is 60.0 Å². The smallest absolute Gasteiger partial charge is 0.272 e. The van der Waals surface area contributed by atoms with E-state index in [0.29, 0.717) is 25.0 Å². The van der Waals surface area contributed by atoms with Gasteiger partial charge in [0.05, 0.1) is 6.54 Å². The van der Waals surface area contributed by atoms with Crippen LogP contribution < -0.4 is 10.9 Å². The Morgan fingerprint density at radius 1 is 1.09 bits per heavy atom. The monoisotopic (exact) mass is 454 g/mol. The van der Waals surface area contributed by atoms with Crippen molar-refractivity contribution >= 4 is 22.5 Å². The van der Waals surface area contributed by atoms with Crippen molar-refractivity contribution < 1.29 is 4.79 Å². The minimum Gasteiger partial charge on any atom is -0.351 e. The summed E-state index contributed by atoms with van der Waals surface area (Å²) >= 11 is 0. The summed E-state index contributed by atoms with van der Waals surface area (Å²) in [5.74, 6) is -0.000831. The first-order valence-corrected chi connectivity index (χ1v) is 11.1. The van der Waals surface area contributed by atoms with Crippen LogP contribution in [0.5, 0.6) is 0 Å². The molecule has 4 heterocycles. The van der Waals surface area contributed by atoms with E-state index in [1.54, 1.807) is 12.4 Å². The van der Waals surface area contributed by atoms with Gasteiger partial charge in [-0.1, -0.05) is 24.3 Å². The normalized spacial score (nSPS) is 11.5. The molecule has 0 bridgehead atoms. The van der Waals surface area contributed by atoms with Crippen molar-refractivity contribution in [2.75, 3.05) is 20.6 Å². The summed E-state index contributed by atoms with van der Waals surface area (Å²) in [7, 11) is 3.74. The zero-order chi connectivity index (χ0) is 23.7. The second kappa shape index (κ2) is 8.99. The van der Waals surface area contributed by atoms with Gasteiger partial charge >= 0.3 is 0 Å². The van der Waals surface area contributed by atoms with Crippen molar-refractivity contribution in [3.63, 3.8) is 0 Å². The van der Waals surface area contributed by atoms with Gasteiger partial charge in [-0.15, -0.1) is 0 Å². The Kier molecular flexibility index (Phi) is 5.73. The summed E-state index contributed by atoms with van der Waals surface area (Å²) in [5.41, 5.74) is 6.40. The molecule has 0 atom stereocenters. The molecule has 0 aliphatic rings. The molecule has 0 radical (unpaired) electrons. The van der Waals surface area contributed by atoms with Crippen LogP contribution >= 0.6 is 0 Å². The SMILES string of the molecule is CN(C)CC(=O)NCc1ccc(Cc2c[nH]c(=O)c3cc(-c4c[nH]c5ncccc45)cn23)cc1. The van der Waals surface area contributed by atoms with Crippen LogP contribution in [0.4, 0.5) is 0 Å². The summed E-state index contributed by atoms with van der Waals surface area (Å²) in [5, 5.41) is 3.95. The highest BCUT2D eigenvalue weighted by Gasteiger charge is 2.13. The van der Waals surface area contributed by atoms with Crippen LogP contribution in [0.1, 0.15) is 16.8 Å². The van der Waals surface area contributed by atoms with Gasteiger partial charge in [-0.25, -0.2) is 4.98 Å². The first-order valence-electron chi connectivity index (χ1n) is 11.1. The summed E-state index contributed by atoms with van der Waals surface area (Å²) < 4.78 is 1.96. The minimum atomic E-state index is -0.128. The number of hydrogen-bond acceptors (Lipinski definition) is 4. The van der Waals surface area contributed by atoms with E-state index < -0.39 is 0 Å². The number of hydrogen-bond donors (Lipinski definition) is 3. The van der Waals surface area contributed by atoms with Crippen LogP contribution in [0.3, 0.4) is 0 Å². The molecule has 0 unspecified atom stereocenters. The molecule has 0 fully saturated rings. The molecule has 1 amide bonds. The highest BCUT2D eigenvalue weighted by molar-refractivity contribution is 5.94. The second-order valence-corrected chi connectivity index (χ2v) is 8.70. The van der Waals surface area contributed by atoms with Gasteiger partial charge in [-0.05, 0) is 43.4 Å². The molecule has 0 aliphatic carbocycles. The van der Waals surface area contributed by atoms with Crippen LogP contribution in [-0.2, 0) is 17.8 Å². The third-order valence-corrected chi connectivity index (χ3v) is 5.85. The molecular weight excluding hydrogens is 428 g/mol. The lowest BCUT2D eigenvalue weighted by atomic mass is 10.1. The summed E-state index contributed by atoms with van der Waals surface area (Å²) in [6, 6.07) is 14.0. The molecule has 34 heavy (non-hydrogen) atoms. The van der Waals surface area contributed by atoms with E-state index in [2.05, 4.69) is 32.4 Å². The number of pyridine rings is 1. The maximum atomic E-state index is 12.5. The summed E-state index contributed by atoms with van der Waals surface area (Å²) in [6.07, 6.45) is 8.11. The van der Waals surface area contributed by atoms with Gasteiger partial charge in [-0.2, -0.15) is 0 Å². The number of amides is 1. The Hall–Kier alpha value is -4.17. The molecule has 0 spiro atoms. The zero-order valence-electron chi connectivity index (χ0n) is 19.1. The highest BCUT2D eigenvalue weighted by Crippen LogP contribution is 2.29. The Balaban J connectivity index is 1.39. The number of carbonyl (C=O) groups is 1. The fourth-order valence-electron chi connectivity index (χ4n) is 4.17. The van der Waals surface area contributed by atoms with E-state index in [9.17, 15) is 9.59 Å². The maximum absolute atomic E-state index is 12.5. The minimum absolute atomic E-state index is 0.000831. The maximum Gasteiger partial charge on any atom is 0.272 e. The molecule has 8 nitrogen and oxygen atoms in total. The second-order valence-electron chi connectivity index (χ2n) is 8.70. The molecule has 0 saturated carbocycles. The Labute approximate surface area is 196 Å². The number of aromatic nitrogens is 4. The van der Waals surface area contributed by atoms with Crippen molar-refractivity contribution in [1.82, 2.24) is 29.6 Å². The number of rotatable bonds is 7. The molecule has 4 aromatic heterocycles. The Morgan fingerprint density at radius 2 is 1.88 bits per heavy atom. The average Bonchev–Trinajstić information content (AvgIpc) is 3.45. The van der Waals surface area contributed by atoms with Gasteiger partial charge in [0.15, 0.2) is 0 Å². The van der Waals surface area contributed by atoms with Gasteiger partial charge in [-0.3, -0.25) is 9.59 Å². The van der Waals surface area contributed by atoms with Gasteiger partial charge in [0.1, 0.15) is 11.2 Å². The van der Waals surface area contributed by atoms with Crippen LogP contribution in [0, 0.1) is 0 Å². The fourth-order valence-corrected chi connectivity index (χ4v) is 4.17. The number of benzene rings is 1. The average molecular weight is 455 g/mol. The third-order valence-electron chi connectivity index (χ3n) is 5.85. The van der Waals surface area contributed by atoms with Crippen molar-refractivity contribution in [3.05, 3.63) is 94.4 Å². The highest BCUT2D eigenvalue weighted by atomic mass is 16.2. The summed E-state index contributed by atoms with van der Waals surface area (Å²) in [6.45, 7) is 0.866. The molecule has 1 aromatic carbocycles. The predicted molar refractivity (Wildman–Crippen MR) is 133 cm³/mol. The Morgan fingerprint density at radius 3 is 2.68 bits per heavy atom. The van der Waals surface area contributed by atoms with Crippen molar-refractivity contribution in [2.24, 2.45) is 0 Å². The fraction of sp³-hybridized carbons (Fsp3) is 0.192. The van der Waals surface area contributed by atoms with E-state index in [1.165, 1.54) is 0 Å². The number of carbonyl (C=O) groups excluding carboxylic acids is 1. The lowest BCUT2D eigenvalue weighted by Crippen LogP contribution is -2.32.